The molecule has 1 aliphatic rings. The molecule has 0 saturated heterocycles. The summed E-state index contributed by atoms with van der Waals surface area (Å²) in [5.41, 5.74) is 1.07. The van der Waals surface area contributed by atoms with Gasteiger partial charge in [0.1, 0.15) is 0 Å². The third-order valence-electron chi connectivity index (χ3n) is 2.64. The molecule has 0 atom stereocenters. The monoisotopic (exact) mass is 221 g/mol. The topological polar surface area (TPSA) is 46.2 Å². The maximum Gasteiger partial charge on any atom is 0.214 e. The van der Waals surface area contributed by atoms with Gasteiger partial charge in [0.25, 0.3) is 0 Å². The number of aromatic nitrogens is 1. The van der Waals surface area contributed by atoms with E-state index in [1.165, 1.54) is 12.8 Å². The first kappa shape index (κ1) is 11.2. The van der Waals surface area contributed by atoms with Crippen LogP contribution in [0.25, 0.3) is 0 Å². The summed E-state index contributed by atoms with van der Waals surface area (Å²) in [5, 5.41) is 6.84. The predicted molar refractivity (Wildman–Crippen MR) is 64.9 cm³/mol. The third-order valence-corrected chi connectivity index (χ3v) is 2.64. The van der Waals surface area contributed by atoms with E-state index in [4.69, 9.17) is 4.74 Å². The molecule has 0 bridgehead atoms. The van der Waals surface area contributed by atoms with Gasteiger partial charge in [-0.2, -0.15) is 0 Å². The highest BCUT2D eigenvalue weighted by molar-refractivity contribution is 5.44. The standard InChI is InChI=1S/C12H19N3O/c1-16-12-9-11(5-8-15-12)14-7-2-6-13-10-3-4-10/h5,8-10,13H,2-4,6-7H2,1H3,(H,14,15). The van der Waals surface area contributed by atoms with Crippen molar-refractivity contribution in [2.24, 2.45) is 0 Å². The van der Waals surface area contributed by atoms with Crippen molar-refractivity contribution >= 4 is 5.69 Å². The van der Waals surface area contributed by atoms with Crippen LogP contribution >= 0.6 is 0 Å². The first-order valence-corrected chi connectivity index (χ1v) is 5.86. The molecule has 1 saturated carbocycles. The Hall–Kier alpha value is -1.29. The van der Waals surface area contributed by atoms with Crippen LogP contribution in [-0.4, -0.2) is 31.2 Å². The quantitative estimate of drug-likeness (QED) is 0.687. The van der Waals surface area contributed by atoms with Gasteiger partial charge in [0.2, 0.25) is 5.88 Å². The molecule has 1 aliphatic carbocycles. The van der Waals surface area contributed by atoms with Gasteiger partial charge >= 0.3 is 0 Å². The largest absolute Gasteiger partial charge is 0.481 e. The van der Waals surface area contributed by atoms with E-state index < -0.39 is 0 Å². The number of hydrogen-bond acceptors (Lipinski definition) is 4. The van der Waals surface area contributed by atoms with Crippen LogP contribution in [-0.2, 0) is 0 Å². The lowest BCUT2D eigenvalue weighted by molar-refractivity contribution is 0.398. The third kappa shape index (κ3) is 3.70. The Labute approximate surface area is 96.4 Å². The van der Waals surface area contributed by atoms with Crippen LogP contribution in [0.15, 0.2) is 18.3 Å². The van der Waals surface area contributed by atoms with Crippen molar-refractivity contribution in [2.45, 2.75) is 25.3 Å². The first-order chi connectivity index (χ1) is 7.88. The number of pyridine rings is 1. The van der Waals surface area contributed by atoms with Gasteiger partial charge in [0.05, 0.1) is 7.11 Å². The molecule has 1 aromatic rings. The van der Waals surface area contributed by atoms with Gasteiger partial charge in [-0.3, -0.25) is 0 Å². The molecule has 1 aromatic heterocycles. The first-order valence-electron chi connectivity index (χ1n) is 5.86. The molecule has 4 nitrogen and oxygen atoms in total. The minimum Gasteiger partial charge on any atom is -0.481 e. The van der Waals surface area contributed by atoms with Crippen LogP contribution in [0.2, 0.25) is 0 Å². The van der Waals surface area contributed by atoms with Gasteiger partial charge in [0.15, 0.2) is 0 Å². The lowest BCUT2D eigenvalue weighted by Gasteiger charge is -2.07. The van der Waals surface area contributed by atoms with E-state index in [0.29, 0.717) is 5.88 Å². The molecule has 2 rings (SSSR count). The van der Waals surface area contributed by atoms with Crippen molar-refractivity contribution in [3.05, 3.63) is 18.3 Å². The summed E-state index contributed by atoms with van der Waals surface area (Å²) >= 11 is 0. The van der Waals surface area contributed by atoms with Crippen molar-refractivity contribution in [1.29, 1.82) is 0 Å². The molecule has 1 fully saturated rings. The lowest BCUT2D eigenvalue weighted by atomic mass is 10.3. The summed E-state index contributed by atoms with van der Waals surface area (Å²) in [5.74, 6) is 0.654. The molecule has 0 amide bonds. The molecule has 88 valence electrons. The Bertz CT molecular complexity index is 326. The molecule has 0 radical (unpaired) electrons. The smallest absolute Gasteiger partial charge is 0.214 e. The van der Waals surface area contributed by atoms with Gasteiger partial charge in [0, 0.05) is 30.5 Å². The van der Waals surface area contributed by atoms with Gasteiger partial charge in [-0.1, -0.05) is 0 Å². The molecule has 4 heteroatoms. The fraction of sp³-hybridized carbons (Fsp3) is 0.583. The van der Waals surface area contributed by atoms with E-state index in [2.05, 4.69) is 15.6 Å². The van der Waals surface area contributed by atoms with E-state index in [9.17, 15) is 0 Å². The van der Waals surface area contributed by atoms with Crippen LogP contribution in [0.3, 0.4) is 0 Å². The van der Waals surface area contributed by atoms with E-state index in [1.807, 2.05) is 12.1 Å². The second kappa shape index (κ2) is 5.70. The number of hydrogen-bond donors (Lipinski definition) is 2. The van der Waals surface area contributed by atoms with Gasteiger partial charge in [-0.25, -0.2) is 4.98 Å². The van der Waals surface area contributed by atoms with Crippen LogP contribution < -0.4 is 15.4 Å². The molecular formula is C12H19N3O. The van der Waals surface area contributed by atoms with Gasteiger partial charge in [-0.05, 0) is 31.9 Å². The van der Waals surface area contributed by atoms with Crippen LogP contribution in [0.5, 0.6) is 5.88 Å². The minimum absolute atomic E-state index is 0.654. The normalized spacial score (nSPS) is 14.8. The maximum atomic E-state index is 5.06. The highest BCUT2D eigenvalue weighted by Crippen LogP contribution is 2.18. The van der Waals surface area contributed by atoms with Crippen LogP contribution in [0.1, 0.15) is 19.3 Å². The van der Waals surface area contributed by atoms with Gasteiger partial charge < -0.3 is 15.4 Å². The average Bonchev–Trinajstić information content (AvgIpc) is 3.13. The zero-order chi connectivity index (χ0) is 11.2. The SMILES string of the molecule is COc1cc(NCCCNC2CC2)ccn1. The van der Waals surface area contributed by atoms with Gasteiger partial charge in [-0.15, -0.1) is 0 Å². The Morgan fingerprint density at radius 1 is 1.44 bits per heavy atom. The molecule has 1 heterocycles. The van der Waals surface area contributed by atoms with E-state index in [0.717, 1.165) is 31.2 Å². The zero-order valence-electron chi connectivity index (χ0n) is 9.70. The molecule has 16 heavy (non-hydrogen) atoms. The lowest BCUT2D eigenvalue weighted by Crippen LogP contribution is -2.19. The Kier molecular flexibility index (Phi) is 3.99. The average molecular weight is 221 g/mol. The molecule has 0 unspecified atom stereocenters. The van der Waals surface area contributed by atoms with E-state index in [-0.39, 0.29) is 0 Å². The molecular weight excluding hydrogens is 202 g/mol. The van der Waals surface area contributed by atoms with Crippen LogP contribution in [0, 0.1) is 0 Å². The summed E-state index contributed by atoms with van der Waals surface area (Å²) in [6, 6.07) is 4.67. The molecule has 0 aliphatic heterocycles. The summed E-state index contributed by atoms with van der Waals surface area (Å²) in [4.78, 5) is 4.06. The summed E-state index contributed by atoms with van der Waals surface area (Å²) in [6.07, 6.45) is 5.61. The number of nitrogens with zero attached hydrogens (tertiary/aromatic N) is 1. The van der Waals surface area contributed by atoms with Crippen molar-refractivity contribution < 1.29 is 4.74 Å². The van der Waals surface area contributed by atoms with Crippen LogP contribution in [0.4, 0.5) is 5.69 Å². The molecule has 0 aromatic carbocycles. The molecule has 0 spiro atoms. The highest BCUT2D eigenvalue weighted by atomic mass is 16.5. The number of methoxy groups -OCH3 is 1. The van der Waals surface area contributed by atoms with Crippen molar-refractivity contribution in [3.63, 3.8) is 0 Å². The summed E-state index contributed by atoms with van der Waals surface area (Å²) in [6.45, 7) is 2.08. The highest BCUT2D eigenvalue weighted by Gasteiger charge is 2.19. The fourth-order valence-corrected chi connectivity index (χ4v) is 1.55. The van der Waals surface area contributed by atoms with Crippen molar-refractivity contribution in [2.75, 3.05) is 25.5 Å². The maximum absolute atomic E-state index is 5.06. The van der Waals surface area contributed by atoms with Crippen molar-refractivity contribution in [3.8, 4) is 5.88 Å². The number of ether oxygens (including phenoxy) is 1. The minimum atomic E-state index is 0.654. The number of nitrogens with one attached hydrogen (secondary N) is 2. The second-order valence-electron chi connectivity index (χ2n) is 4.10. The Morgan fingerprint density at radius 2 is 2.31 bits per heavy atom. The number of rotatable bonds is 7. The summed E-state index contributed by atoms with van der Waals surface area (Å²) in [7, 11) is 1.63. The summed E-state index contributed by atoms with van der Waals surface area (Å²) < 4.78 is 5.06. The van der Waals surface area contributed by atoms with E-state index in [1.54, 1.807) is 13.3 Å². The predicted octanol–water partition coefficient (Wildman–Crippen LogP) is 1.64. The zero-order valence-corrected chi connectivity index (χ0v) is 9.70. The number of anilines is 1. The molecule has 2 N–H and O–H groups in total. The fourth-order valence-electron chi connectivity index (χ4n) is 1.55. The Balaban J connectivity index is 1.63. The van der Waals surface area contributed by atoms with Crippen molar-refractivity contribution in [1.82, 2.24) is 10.3 Å². The van der Waals surface area contributed by atoms with E-state index >= 15 is 0 Å². The Morgan fingerprint density at radius 3 is 3.06 bits per heavy atom. The second-order valence-corrected chi connectivity index (χ2v) is 4.10.